The van der Waals surface area contributed by atoms with Gasteiger partial charge >= 0.3 is 0 Å². The molecule has 7 heteroatoms. The molecular weight excluding hydrogens is 348 g/mol. The van der Waals surface area contributed by atoms with Crippen molar-refractivity contribution in [1.29, 1.82) is 0 Å². The van der Waals surface area contributed by atoms with Crippen molar-refractivity contribution >= 4 is 11.2 Å². The highest BCUT2D eigenvalue weighted by atomic mass is 19.1. The van der Waals surface area contributed by atoms with E-state index in [-0.39, 0.29) is 5.56 Å². The minimum absolute atomic E-state index is 0.129. The van der Waals surface area contributed by atoms with Gasteiger partial charge in [-0.15, -0.1) is 0 Å². The van der Waals surface area contributed by atoms with Crippen molar-refractivity contribution in [2.24, 2.45) is 5.92 Å². The van der Waals surface area contributed by atoms with Gasteiger partial charge in [0.05, 0.1) is 12.1 Å². The second-order valence-corrected chi connectivity index (χ2v) is 6.88. The van der Waals surface area contributed by atoms with Crippen LogP contribution in [-0.2, 0) is 13.1 Å². The van der Waals surface area contributed by atoms with Crippen molar-refractivity contribution in [3.05, 3.63) is 66.4 Å². The van der Waals surface area contributed by atoms with Crippen LogP contribution in [0.1, 0.15) is 19.7 Å². The first-order valence-corrected chi connectivity index (χ1v) is 8.79. The molecule has 0 atom stereocenters. The number of benzene rings is 1. The van der Waals surface area contributed by atoms with E-state index in [0.29, 0.717) is 18.3 Å². The summed E-state index contributed by atoms with van der Waals surface area (Å²) in [4.78, 5) is 13.4. The predicted octanol–water partition coefficient (Wildman–Crippen LogP) is 4.28. The van der Waals surface area contributed by atoms with Gasteiger partial charge in [-0.2, -0.15) is 0 Å². The van der Waals surface area contributed by atoms with Gasteiger partial charge < -0.3 is 9.13 Å². The third-order valence-electron chi connectivity index (χ3n) is 4.33. The van der Waals surface area contributed by atoms with Crippen LogP contribution in [0, 0.1) is 17.6 Å². The van der Waals surface area contributed by atoms with Gasteiger partial charge in [0, 0.05) is 25.1 Å². The molecule has 1 aromatic carbocycles. The topological polar surface area (TPSA) is 48.5 Å². The van der Waals surface area contributed by atoms with Crippen LogP contribution in [0.2, 0.25) is 0 Å². The summed E-state index contributed by atoms with van der Waals surface area (Å²) >= 11 is 0. The molecule has 0 N–H and O–H groups in total. The van der Waals surface area contributed by atoms with Gasteiger partial charge in [0.15, 0.2) is 5.65 Å². The second kappa shape index (κ2) is 6.90. The summed E-state index contributed by atoms with van der Waals surface area (Å²) in [6.07, 6.45) is 5.06. The third kappa shape index (κ3) is 3.32. The maximum Gasteiger partial charge on any atom is 0.160 e. The van der Waals surface area contributed by atoms with Crippen molar-refractivity contribution in [3.63, 3.8) is 0 Å². The molecule has 0 aliphatic carbocycles. The van der Waals surface area contributed by atoms with Gasteiger partial charge in [0.1, 0.15) is 28.8 Å². The maximum atomic E-state index is 14.2. The molecular formula is C20H19F2N5. The van der Waals surface area contributed by atoms with Crippen LogP contribution < -0.4 is 0 Å². The van der Waals surface area contributed by atoms with E-state index in [1.807, 2.05) is 12.1 Å². The second-order valence-electron chi connectivity index (χ2n) is 6.88. The summed E-state index contributed by atoms with van der Waals surface area (Å²) in [5.41, 5.74) is 1.76. The van der Waals surface area contributed by atoms with Crippen molar-refractivity contribution in [2.45, 2.75) is 26.9 Å². The first kappa shape index (κ1) is 17.3. The highest BCUT2D eigenvalue weighted by Gasteiger charge is 2.17. The monoisotopic (exact) mass is 367 g/mol. The lowest BCUT2D eigenvalue weighted by atomic mass is 10.2. The summed E-state index contributed by atoms with van der Waals surface area (Å²) in [6, 6.07) is 7.14. The van der Waals surface area contributed by atoms with E-state index >= 15 is 0 Å². The molecule has 0 fully saturated rings. The molecule has 0 radical (unpaired) electrons. The lowest BCUT2D eigenvalue weighted by Gasteiger charge is -2.13. The summed E-state index contributed by atoms with van der Waals surface area (Å²) in [5.74, 6) is 0.557. The fourth-order valence-electron chi connectivity index (χ4n) is 3.19. The Bertz CT molecular complexity index is 1100. The van der Waals surface area contributed by atoms with Crippen molar-refractivity contribution in [1.82, 2.24) is 24.1 Å². The molecule has 0 aliphatic rings. The van der Waals surface area contributed by atoms with Crippen LogP contribution in [0.3, 0.4) is 0 Å². The van der Waals surface area contributed by atoms with Crippen LogP contribution in [0.5, 0.6) is 0 Å². The fraction of sp³-hybridized carbons (Fsp3) is 0.250. The van der Waals surface area contributed by atoms with Crippen LogP contribution in [0.15, 0.2) is 48.9 Å². The molecule has 4 rings (SSSR count). The van der Waals surface area contributed by atoms with Gasteiger partial charge in [0.2, 0.25) is 0 Å². The SMILES string of the molecule is CC(C)Cn1c(Cn2ccnc2-c2cc(F)ccc2F)nc2cccnc21. The largest absolute Gasteiger partial charge is 0.323 e. The number of hydrogen-bond acceptors (Lipinski definition) is 3. The quantitative estimate of drug-likeness (QED) is 0.529. The number of pyridine rings is 1. The van der Waals surface area contributed by atoms with Gasteiger partial charge in [0.25, 0.3) is 0 Å². The van der Waals surface area contributed by atoms with Gasteiger partial charge in [-0.3, -0.25) is 0 Å². The Kier molecular flexibility index (Phi) is 4.43. The molecule has 0 spiro atoms. The lowest BCUT2D eigenvalue weighted by Crippen LogP contribution is -2.13. The van der Waals surface area contributed by atoms with E-state index in [9.17, 15) is 8.78 Å². The highest BCUT2D eigenvalue weighted by molar-refractivity contribution is 5.71. The fourth-order valence-corrected chi connectivity index (χ4v) is 3.19. The maximum absolute atomic E-state index is 14.2. The average Bonchev–Trinajstić information content (AvgIpc) is 3.22. The number of rotatable bonds is 5. The van der Waals surface area contributed by atoms with E-state index in [2.05, 4.69) is 28.4 Å². The molecule has 0 unspecified atom stereocenters. The average molecular weight is 367 g/mol. The summed E-state index contributed by atoms with van der Waals surface area (Å²) < 4.78 is 31.7. The van der Waals surface area contributed by atoms with E-state index in [4.69, 9.17) is 4.98 Å². The van der Waals surface area contributed by atoms with Crippen LogP contribution in [0.25, 0.3) is 22.6 Å². The predicted molar refractivity (Wildman–Crippen MR) is 99.0 cm³/mol. The zero-order valence-electron chi connectivity index (χ0n) is 15.1. The number of halogens is 2. The minimum atomic E-state index is -0.513. The molecule has 4 aromatic rings. The zero-order valence-corrected chi connectivity index (χ0v) is 15.1. The first-order valence-electron chi connectivity index (χ1n) is 8.79. The van der Waals surface area contributed by atoms with Gasteiger partial charge in [-0.05, 0) is 36.2 Å². The molecule has 5 nitrogen and oxygen atoms in total. The Balaban J connectivity index is 1.78. The summed E-state index contributed by atoms with van der Waals surface area (Å²) in [5, 5.41) is 0. The highest BCUT2D eigenvalue weighted by Crippen LogP contribution is 2.24. The number of aromatic nitrogens is 5. The lowest BCUT2D eigenvalue weighted by molar-refractivity contribution is 0.508. The molecule has 138 valence electrons. The summed E-state index contributed by atoms with van der Waals surface area (Å²) in [7, 11) is 0. The standard InChI is InChI=1S/C20H19F2N5/c1-13(2)11-27-18(25-17-4-3-7-23-20(17)27)12-26-9-8-24-19(26)15-10-14(21)5-6-16(15)22/h3-10,13H,11-12H2,1-2H3. The Morgan fingerprint density at radius 3 is 2.74 bits per heavy atom. The number of hydrogen-bond donors (Lipinski definition) is 0. The van der Waals surface area contributed by atoms with Gasteiger partial charge in [-0.1, -0.05) is 13.8 Å². The molecule has 3 aromatic heterocycles. The number of imidazole rings is 2. The van der Waals surface area contributed by atoms with Crippen molar-refractivity contribution in [2.75, 3.05) is 0 Å². The molecule has 27 heavy (non-hydrogen) atoms. The third-order valence-corrected chi connectivity index (χ3v) is 4.33. The molecule has 0 saturated heterocycles. The van der Waals surface area contributed by atoms with E-state index in [1.165, 1.54) is 0 Å². The molecule has 0 bridgehead atoms. The smallest absolute Gasteiger partial charge is 0.160 e. The Hall–Kier alpha value is -3.09. The number of nitrogens with zero attached hydrogens (tertiary/aromatic N) is 5. The molecule has 0 amide bonds. The molecule has 0 saturated carbocycles. The van der Waals surface area contributed by atoms with E-state index in [0.717, 1.165) is 41.7 Å². The van der Waals surface area contributed by atoms with Crippen LogP contribution in [0.4, 0.5) is 8.78 Å². The first-order chi connectivity index (χ1) is 13.0. The Morgan fingerprint density at radius 1 is 1.07 bits per heavy atom. The van der Waals surface area contributed by atoms with Crippen LogP contribution >= 0.6 is 0 Å². The van der Waals surface area contributed by atoms with E-state index in [1.54, 1.807) is 23.2 Å². The summed E-state index contributed by atoms with van der Waals surface area (Å²) in [6.45, 7) is 5.40. The van der Waals surface area contributed by atoms with Gasteiger partial charge in [-0.25, -0.2) is 23.7 Å². The minimum Gasteiger partial charge on any atom is -0.323 e. The Morgan fingerprint density at radius 2 is 1.93 bits per heavy atom. The Labute approximate surface area is 155 Å². The normalized spacial score (nSPS) is 11.6. The van der Waals surface area contributed by atoms with Crippen LogP contribution in [-0.4, -0.2) is 24.1 Å². The molecule has 0 aliphatic heterocycles. The molecule has 3 heterocycles. The number of fused-ring (bicyclic) bond motifs is 1. The van der Waals surface area contributed by atoms with Crippen molar-refractivity contribution in [3.8, 4) is 11.4 Å². The zero-order chi connectivity index (χ0) is 19.0. The van der Waals surface area contributed by atoms with E-state index < -0.39 is 11.6 Å². The van der Waals surface area contributed by atoms with Crippen molar-refractivity contribution < 1.29 is 8.78 Å².